The fourth-order valence-corrected chi connectivity index (χ4v) is 1.57. The van der Waals surface area contributed by atoms with Crippen LogP contribution in [0.1, 0.15) is 22.9 Å². The molecule has 1 atom stereocenters. The van der Waals surface area contributed by atoms with Crippen LogP contribution in [0.2, 0.25) is 0 Å². The third-order valence-corrected chi connectivity index (χ3v) is 2.56. The molecule has 74 valence electrons. The molecular weight excluding hydrogens is 222 g/mol. The highest BCUT2D eigenvalue weighted by atomic mass is 35.5. The predicted molar refractivity (Wildman–Crippen MR) is 53.3 cm³/mol. The summed E-state index contributed by atoms with van der Waals surface area (Å²) in [4.78, 5) is 1.05. The molecule has 0 N–H and O–H groups in total. The summed E-state index contributed by atoms with van der Waals surface area (Å²) in [6.07, 6.45) is 3.55. The smallest absolute Gasteiger partial charge is 0.100 e. The average Bonchev–Trinajstić information content (AvgIpc) is 2.75. The van der Waals surface area contributed by atoms with Gasteiger partial charge in [-0.15, -0.1) is 21.8 Å². The van der Waals surface area contributed by atoms with Crippen molar-refractivity contribution in [1.82, 2.24) is 24.6 Å². The molecule has 0 aliphatic rings. The van der Waals surface area contributed by atoms with E-state index in [1.54, 1.807) is 10.9 Å². The molecule has 0 bridgehead atoms. The van der Waals surface area contributed by atoms with Crippen LogP contribution in [0.15, 0.2) is 12.4 Å². The van der Waals surface area contributed by atoms with Gasteiger partial charge in [0.25, 0.3) is 0 Å². The molecule has 0 fully saturated rings. The minimum atomic E-state index is -0.108. The number of hydrogen-bond acceptors (Lipinski definition) is 5. The highest BCUT2D eigenvalue weighted by molar-refractivity contribution is 7.05. The molecule has 0 amide bonds. The van der Waals surface area contributed by atoms with Gasteiger partial charge in [-0.2, -0.15) is 0 Å². The van der Waals surface area contributed by atoms with Gasteiger partial charge in [-0.3, -0.25) is 0 Å². The highest BCUT2D eigenvalue weighted by Crippen LogP contribution is 2.15. The van der Waals surface area contributed by atoms with E-state index in [0.29, 0.717) is 6.54 Å². The molecule has 14 heavy (non-hydrogen) atoms. The van der Waals surface area contributed by atoms with E-state index in [1.165, 1.54) is 11.5 Å². The second-order valence-corrected chi connectivity index (χ2v) is 4.37. The molecule has 0 aliphatic carbocycles. The van der Waals surface area contributed by atoms with Gasteiger partial charge in [0.05, 0.1) is 29.2 Å². The van der Waals surface area contributed by atoms with Crippen LogP contribution in [-0.4, -0.2) is 24.6 Å². The summed E-state index contributed by atoms with van der Waals surface area (Å²) in [5.41, 5.74) is 0.782. The Hall–Kier alpha value is -1.01. The molecule has 0 aromatic carbocycles. The Balaban J connectivity index is 2.11. The second kappa shape index (κ2) is 4.02. The maximum atomic E-state index is 5.86. The number of rotatable bonds is 3. The normalized spacial score (nSPS) is 13.0. The standard InChI is InChI=1S/C7H8ClN5S/c1-5(8)7-4-13(11-10-7)3-6-2-9-12-14-6/h2,4-5H,3H2,1H3. The second-order valence-electron chi connectivity index (χ2n) is 2.84. The first kappa shape index (κ1) is 9.54. The third kappa shape index (κ3) is 2.08. The molecule has 2 heterocycles. The van der Waals surface area contributed by atoms with Crippen molar-refractivity contribution in [2.45, 2.75) is 18.8 Å². The predicted octanol–water partition coefficient (Wildman–Crippen LogP) is 1.48. The Kier molecular flexibility index (Phi) is 2.74. The van der Waals surface area contributed by atoms with Crippen molar-refractivity contribution < 1.29 is 0 Å². The van der Waals surface area contributed by atoms with Crippen molar-refractivity contribution in [2.75, 3.05) is 0 Å². The first-order chi connectivity index (χ1) is 6.75. The van der Waals surface area contributed by atoms with Gasteiger partial charge < -0.3 is 0 Å². The zero-order chi connectivity index (χ0) is 9.97. The number of halogens is 1. The van der Waals surface area contributed by atoms with Gasteiger partial charge >= 0.3 is 0 Å². The Morgan fingerprint density at radius 2 is 2.50 bits per heavy atom. The molecule has 2 aromatic rings. The molecule has 1 unspecified atom stereocenters. The van der Waals surface area contributed by atoms with Crippen LogP contribution in [0.3, 0.4) is 0 Å². The molecule has 0 saturated carbocycles. The quantitative estimate of drug-likeness (QED) is 0.748. The van der Waals surface area contributed by atoms with E-state index in [4.69, 9.17) is 11.6 Å². The first-order valence-electron chi connectivity index (χ1n) is 4.06. The summed E-state index contributed by atoms with van der Waals surface area (Å²) in [7, 11) is 0. The summed E-state index contributed by atoms with van der Waals surface area (Å²) < 4.78 is 5.49. The lowest BCUT2D eigenvalue weighted by Crippen LogP contribution is -1.98. The van der Waals surface area contributed by atoms with Gasteiger partial charge in [0.1, 0.15) is 5.69 Å². The summed E-state index contributed by atoms with van der Waals surface area (Å²) in [6, 6.07) is 0. The lowest BCUT2D eigenvalue weighted by atomic mass is 10.4. The SMILES string of the molecule is CC(Cl)c1cn(Cc2cnns2)nn1. The fourth-order valence-electron chi connectivity index (χ4n) is 0.990. The minimum Gasteiger partial charge on any atom is -0.247 e. The number of aromatic nitrogens is 5. The van der Waals surface area contributed by atoms with E-state index >= 15 is 0 Å². The van der Waals surface area contributed by atoms with Gasteiger partial charge in [0.2, 0.25) is 0 Å². The molecule has 2 rings (SSSR count). The molecule has 0 spiro atoms. The number of hydrogen-bond donors (Lipinski definition) is 0. The maximum absolute atomic E-state index is 5.86. The van der Waals surface area contributed by atoms with E-state index in [1.807, 2.05) is 13.1 Å². The summed E-state index contributed by atoms with van der Waals surface area (Å²) in [6.45, 7) is 2.51. The van der Waals surface area contributed by atoms with Crippen LogP contribution in [0.4, 0.5) is 0 Å². The van der Waals surface area contributed by atoms with Crippen molar-refractivity contribution in [3.05, 3.63) is 23.0 Å². The van der Waals surface area contributed by atoms with E-state index in [2.05, 4.69) is 19.9 Å². The Morgan fingerprint density at radius 1 is 1.64 bits per heavy atom. The monoisotopic (exact) mass is 229 g/mol. The molecule has 0 radical (unpaired) electrons. The molecule has 5 nitrogen and oxygen atoms in total. The van der Waals surface area contributed by atoms with Gasteiger partial charge in [-0.05, 0) is 18.5 Å². The van der Waals surface area contributed by atoms with Crippen LogP contribution in [-0.2, 0) is 6.54 Å². The van der Waals surface area contributed by atoms with E-state index in [0.717, 1.165) is 10.6 Å². The molecule has 0 aliphatic heterocycles. The Bertz CT molecular complexity index is 396. The zero-order valence-electron chi connectivity index (χ0n) is 7.46. The first-order valence-corrected chi connectivity index (χ1v) is 5.27. The van der Waals surface area contributed by atoms with Crippen LogP contribution in [0, 0.1) is 0 Å². The van der Waals surface area contributed by atoms with Gasteiger partial charge in [0, 0.05) is 0 Å². The molecule has 0 saturated heterocycles. The lowest BCUT2D eigenvalue weighted by Gasteiger charge is -1.94. The summed E-state index contributed by atoms with van der Waals surface area (Å²) in [5.74, 6) is 0. The maximum Gasteiger partial charge on any atom is 0.100 e. The number of nitrogens with zero attached hydrogens (tertiary/aromatic N) is 5. The van der Waals surface area contributed by atoms with Gasteiger partial charge in [-0.1, -0.05) is 9.70 Å². The van der Waals surface area contributed by atoms with Crippen molar-refractivity contribution in [3.8, 4) is 0 Å². The van der Waals surface area contributed by atoms with E-state index in [-0.39, 0.29) is 5.38 Å². The fraction of sp³-hybridized carbons (Fsp3) is 0.429. The average molecular weight is 230 g/mol. The van der Waals surface area contributed by atoms with Gasteiger partial charge in [0.15, 0.2) is 0 Å². The Labute approximate surface area is 89.9 Å². The van der Waals surface area contributed by atoms with Crippen molar-refractivity contribution in [2.24, 2.45) is 0 Å². The molecule has 2 aromatic heterocycles. The lowest BCUT2D eigenvalue weighted by molar-refractivity contribution is 0.654. The van der Waals surface area contributed by atoms with Crippen LogP contribution < -0.4 is 0 Å². The molecule has 7 heteroatoms. The third-order valence-electron chi connectivity index (χ3n) is 1.69. The van der Waals surface area contributed by atoms with Crippen molar-refractivity contribution in [1.29, 1.82) is 0 Å². The van der Waals surface area contributed by atoms with Crippen LogP contribution >= 0.6 is 23.1 Å². The molecular formula is C7H8ClN5S. The van der Waals surface area contributed by atoms with Gasteiger partial charge in [-0.25, -0.2) is 4.68 Å². The summed E-state index contributed by atoms with van der Waals surface area (Å²) >= 11 is 7.21. The minimum absolute atomic E-state index is 0.108. The topological polar surface area (TPSA) is 56.5 Å². The van der Waals surface area contributed by atoms with Crippen LogP contribution in [0.5, 0.6) is 0 Å². The van der Waals surface area contributed by atoms with E-state index in [9.17, 15) is 0 Å². The highest BCUT2D eigenvalue weighted by Gasteiger charge is 2.07. The van der Waals surface area contributed by atoms with E-state index < -0.39 is 0 Å². The number of alkyl halides is 1. The largest absolute Gasteiger partial charge is 0.247 e. The zero-order valence-corrected chi connectivity index (χ0v) is 9.03. The Morgan fingerprint density at radius 3 is 3.07 bits per heavy atom. The van der Waals surface area contributed by atoms with Crippen LogP contribution in [0.25, 0.3) is 0 Å². The van der Waals surface area contributed by atoms with Crippen molar-refractivity contribution >= 4 is 23.1 Å². The van der Waals surface area contributed by atoms with Crippen molar-refractivity contribution in [3.63, 3.8) is 0 Å². The summed E-state index contributed by atoms with van der Waals surface area (Å²) in [5, 5.41) is 11.5.